The molecule has 0 radical (unpaired) electrons. The average molecular weight is 731 g/mol. The molecule has 7 aromatic carbocycles. The first-order chi connectivity index (χ1) is 28.2. The third kappa shape index (κ3) is 5.96. The normalized spacial score (nSPS) is 11.9. The SMILES string of the molecule is C=C(/C=C\C=C/C)c1ccc(-c2cc(-c3ccc(-c4ccccc4)cc3)nc(-n3c4ccccc4c4ccc5c6ccccc6n(-c6ccccc6)c5c43)n2)cc1. The summed E-state index contributed by atoms with van der Waals surface area (Å²) in [5, 5.41) is 4.68. The zero-order valence-electron chi connectivity index (χ0n) is 31.5. The summed E-state index contributed by atoms with van der Waals surface area (Å²) in [6.07, 6.45) is 8.07. The predicted molar refractivity (Wildman–Crippen MR) is 240 cm³/mol. The molecule has 0 atom stereocenters. The molecule has 3 heterocycles. The topological polar surface area (TPSA) is 35.6 Å². The van der Waals surface area contributed by atoms with Gasteiger partial charge in [0.25, 0.3) is 0 Å². The van der Waals surface area contributed by atoms with Crippen LogP contribution in [0.15, 0.2) is 207 Å². The number of nitrogens with zero attached hydrogens (tertiary/aromatic N) is 4. The zero-order chi connectivity index (χ0) is 38.3. The third-order valence-electron chi connectivity index (χ3n) is 10.8. The van der Waals surface area contributed by atoms with Crippen LogP contribution in [0.3, 0.4) is 0 Å². The molecule has 0 saturated heterocycles. The van der Waals surface area contributed by atoms with Gasteiger partial charge in [-0.3, -0.25) is 4.57 Å². The molecule has 57 heavy (non-hydrogen) atoms. The van der Waals surface area contributed by atoms with Gasteiger partial charge in [-0.2, -0.15) is 0 Å². The largest absolute Gasteiger partial charge is 0.307 e. The fourth-order valence-corrected chi connectivity index (χ4v) is 8.08. The maximum absolute atomic E-state index is 5.44. The minimum Gasteiger partial charge on any atom is -0.307 e. The van der Waals surface area contributed by atoms with E-state index in [0.717, 1.165) is 77.7 Å². The van der Waals surface area contributed by atoms with Crippen LogP contribution in [0.25, 0.3) is 94.5 Å². The van der Waals surface area contributed by atoms with Crippen molar-refractivity contribution in [2.45, 2.75) is 6.92 Å². The molecule has 0 aliphatic heterocycles. The van der Waals surface area contributed by atoms with Crippen molar-refractivity contribution in [3.8, 4) is 45.3 Å². The van der Waals surface area contributed by atoms with Crippen molar-refractivity contribution in [3.05, 3.63) is 212 Å². The minimum atomic E-state index is 0.612. The Kier molecular flexibility index (Phi) is 8.50. The highest BCUT2D eigenvalue weighted by Crippen LogP contribution is 2.42. The molecule has 0 bridgehead atoms. The van der Waals surface area contributed by atoms with Crippen LogP contribution in [-0.4, -0.2) is 19.1 Å². The molecule has 0 spiro atoms. The summed E-state index contributed by atoms with van der Waals surface area (Å²) in [6.45, 7) is 6.31. The van der Waals surface area contributed by atoms with Gasteiger partial charge >= 0.3 is 0 Å². The van der Waals surface area contributed by atoms with E-state index in [9.17, 15) is 0 Å². The van der Waals surface area contributed by atoms with Crippen LogP contribution in [0.4, 0.5) is 0 Å². The Hall–Kier alpha value is -7.56. The van der Waals surface area contributed by atoms with E-state index in [4.69, 9.17) is 9.97 Å². The molecule has 0 fully saturated rings. The van der Waals surface area contributed by atoms with E-state index in [1.807, 2.05) is 37.3 Å². The summed E-state index contributed by atoms with van der Waals surface area (Å²) in [7, 11) is 0. The number of rotatable bonds is 8. The van der Waals surface area contributed by atoms with Gasteiger partial charge in [0.15, 0.2) is 0 Å². The van der Waals surface area contributed by atoms with Crippen LogP contribution in [0.5, 0.6) is 0 Å². The monoisotopic (exact) mass is 730 g/mol. The summed E-state index contributed by atoms with van der Waals surface area (Å²) in [5.74, 6) is 0.612. The average Bonchev–Trinajstić information content (AvgIpc) is 3.80. The first-order valence-corrected chi connectivity index (χ1v) is 19.3. The zero-order valence-corrected chi connectivity index (χ0v) is 31.5. The number of hydrogen-bond acceptors (Lipinski definition) is 2. The molecule has 3 aromatic heterocycles. The van der Waals surface area contributed by atoms with Gasteiger partial charge in [0, 0.05) is 38.4 Å². The summed E-state index contributed by atoms with van der Waals surface area (Å²) < 4.78 is 4.67. The number of fused-ring (bicyclic) bond motifs is 7. The van der Waals surface area contributed by atoms with E-state index < -0.39 is 0 Å². The van der Waals surface area contributed by atoms with Crippen LogP contribution in [-0.2, 0) is 0 Å². The van der Waals surface area contributed by atoms with Crippen LogP contribution in [0.1, 0.15) is 12.5 Å². The molecular weight excluding hydrogens is 693 g/mol. The van der Waals surface area contributed by atoms with Crippen LogP contribution >= 0.6 is 0 Å². The summed E-state index contributed by atoms with van der Waals surface area (Å²) in [4.78, 5) is 10.9. The Balaban J connectivity index is 1.25. The quantitative estimate of drug-likeness (QED) is 0.146. The lowest BCUT2D eigenvalue weighted by atomic mass is 10.0. The molecule has 10 rings (SSSR count). The summed E-state index contributed by atoms with van der Waals surface area (Å²) >= 11 is 0. The second-order valence-corrected chi connectivity index (χ2v) is 14.3. The highest BCUT2D eigenvalue weighted by atomic mass is 15.2. The number of aromatic nitrogens is 4. The third-order valence-corrected chi connectivity index (χ3v) is 10.8. The van der Waals surface area contributed by atoms with E-state index in [0.29, 0.717) is 5.95 Å². The minimum absolute atomic E-state index is 0.612. The highest BCUT2D eigenvalue weighted by molar-refractivity contribution is 6.23. The van der Waals surface area contributed by atoms with Gasteiger partial charge in [0.1, 0.15) is 0 Å². The van der Waals surface area contributed by atoms with E-state index in [1.165, 1.54) is 16.3 Å². The van der Waals surface area contributed by atoms with Gasteiger partial charge < -0.3 is 4.57 Å². The van der Waals surface area contributed by atoms with E-state index >= 15 is 0 Å². The lowest BCUT2D eigenvalue weighted by molar-refractivity contribution is 0.995. The first-order valence-electron chi connectivity index (χ1n) is 19.3. The molecule has 10 aromatic rings. The molecule has 0 amide bonds. The number of hydrogen-bond donors (Lipinski definition) is 0. The Bertz CT molecular complexity index is 3160. The maximum atomic E-state index is 5.44. The number of benzene rings is 7. The second-order valence-electron chi connectivity index (χ2n) is 14.3. The Morgan fingerprint density at radius 3 is 1.58 bits per heavy atom. The Morgan fingerprint density at radius 1 is 0.474 bits per heavy atom. The standard InChI is InChI=1S/C53H38N4/c1-3-4-7-16-36(2)37-25-29-40(30-26-37)47-35-48(41-31-27-39(28-32-41)38-17-8-5-9-18-38)55-53(54-47)57-50-24-15-13-22-44(50)46-34-33-45-43-21-12-14-23-49(43)56(51(45)52(46)57)42-19-10-6-11-20-42/h3-35H,2H2,1H3/b4-3-,16-7-. The summed E-state index contributed by atoms with van der Waals surface area (Å²) in [6, 6.07) is 62.3. The molecule has 4 nitrogen and oxygen atoms in total. The van der Waals surface area contributed by atoms with Gasteiger partial charge in [0.2, 0.25) is 5.95 Å². The second kappa shape index (κ2) is 14.3. The van der Waals surface area contributed by atoms with E-state index in [1.54, 1.807) is 0 Å². The fourth-order valence-electron chi connectivity index (χ4n) is 8.08. The molecule has 270 valence electrons. The Labute approximate surface area is 331 Å². The lowest BCUT2D eigenvalue weighted by Crippen LogP contribution is -2.05. The van der Waals surface area contributed by atoms with Crippen molar-refractivity contribution in [1.82, 2.24) is 19.1 Å². The molecule has 0 aliphatic carbocycles. The lowest BCUT2D eigenvalue weighted by Gasteiger charge is -2.14. The van der Waals surface area contributed by atoms with E-state index in [-0.39, 0.29) is 0 Å². The van der Waals surface area contributed by atoms with Gasteiger partial charge in [0.05, 0.1) is 33.5 Å². The van der Waals surface area contributed by atoms with E-state index in [2.05, 4.69) is 186 Å². The molecule has 4 heteroatoms. The van der Waals surface area contributed by atoms with Gasteiger partial charge in [-0.1, -0.05) is 176 Å². The van der Waals surface area contributed by atoms with Crippen molar-refractivity contribution < 1.29 is 0 Å². The van der Waals surface area contributed by atoms with Crippen molar-refractivity contribution in [2.24, 2.45) is 0 Å². The number of allylic oxidation sites excluding steroid dienone is 5. The molecular formula is C53H38N4. The van der Waals surface area contributed by atoms with Crippen LogP contribution < -0.4 is 0 Å². The van der Waals surface area contributed by atoms with Crippen molar-refractivity contribution in [2.75, 3.05) is 0 Å². The van der Waals surface area contributed by atoms with Crippen molar-refractivity contribution in [1.29, 1.82) is 0 Å². The van der Waals surface area contributed by atoms with Crippen LogP contribution in [0, 0.1) is 0 Å². The molecule has 0 N–H and O–H groups in total. The Morgan fingerprint density at radius 2 is 0.965 bits per heavy atom. The van der Waals surface area contributed by atoms with Gasteiger partial charge in [-0.25, -0.2) is 9.97 Å². The number of para-hydroxylation sites is 3. The van der Waals surface area contributed by atoms with Crippen LogP contribution in [0.2, 0.25) is 0 Å². The van der Waals surface area contributed by atoms with Crippen molar-refractivity contribution in [3.63, 3.8) is 0 Å². The smallest absolute Gasteiger partial charge is 0.235 e. The molecule has 0 saturated carbocycles. The van der Waals surface area contributed by atoms with Gasteiger partial charge in [-0.15, -0.1) is 0 Å². The molecule has 0 aliphatic rings. The highest BCUT2D eigenvalue weighted by Gasteiger charge is 2.23. The summed E-state index contributed by atoms with van der Waals surface area (Å²) in [5.41, 5.74) is 13.5. The first kappa shape index (κ1) is 34.0. The fraction of sp³-hybridized carbons (Fsp3) is 0.0189. The van der Waals surface area contributed by atoms with Crippen molar-refractivity contribution >= 4 is 49.2 Å². The predicted octanol–water partition coefficient (Wildman–Crippen LogP) is 13.8. The molecule has 0 unspecified atom stereocenters. The van der Waals surface area contributed by atoms with Gasteiger partial charge in [-0.05, 0) is 59.5 Å². The maximum Gasteiger partial charge on any atom is 0.235 e.